The summed E-state index contributed by atoms with van der Waals surface area (Å²) in [6, 6.07) is 5.64. The van der Waals surface area contributed by atoms with Crippen molar-refractivity contribution in [1.82, 2.24) is 0 Å². The lowest BCUT2D eigenvalue weighted by Crippen LogP contribution is -2.03. The Hall–Kier alpha value is -0.880. The zero-order valence-corrected chi connectivity index (χ0v) is 7.39. The first kappa shape index (κ1) is 8.22. The molecule has 0 fully saturated rings. The van der Waals surface area contributed by atoms with E-state index in [-0.39, 0.29) is 0 Å². The number of rotatable bonds is 2. The highest BCUT2D eigenvalue weighted by Gasteiger charge is 1.96. The van der Waals surface area contributed by atoms with Crippen molar-refractivity contribution < 1.29 is 0 Å². The minimum absolute atomic E-state index is 0.701. The fraction of sp³-hybridized carbons (Fsp3) is 0.125. The zero-order chi connectivity index (χ0) is 8.27. The van der Waals surface area contributed by atoms with E-state index >= 15 is 0 Å². The first-order chi connectivity index (χ1) is 5.27. The molecule has 0 saturated heterocycles. The largest absolute Gasteiger partial charge is 0.399 e. The van der Waals surface area contributed by atoms with Gasteiger partial charge in [-0.05, 0) is 29.7 Å². The summed E-state index contributed by atoms with van der Waals surface area (Å²) in [7, 11) is 0.701. The molecule has 1 atom stereocenters. The Balaban J connectivity index is 3.16. The highest BCUT2D eigenvalue weighted by molar-refractivity contribution is 7.46. The minimum Gasteiger partial charge on any atom is -0.399 e. The molecule has 58 valence electrons. The van der Waals surface area contributed by atoms with E-state index in [4.69, 9.17) is 11.1 Å². The predicted octanol–water partition coefficient (Wildman–Crippen LogP) is 1.20. The summed E-state index contributed by atoms with van der Waals surface area (Å²) in [6.45, 7) is 2.09. The second-order valence-electron chi connectivity index (χ2n) is 2.24. The van der Waals surface area contributed by atoms with Crippen molar-refractivity contribution in [2.45, 2.75) is 0 Å². The summed E-state index contributed by atoms with van der Waals surface area (Å²) in [6.07, 6.45) is 1.37. The van der Waals surface area contributed by atoms with E-state index in [1.165, 1.54) is 11.5 Å². The fourth-order valence-corrected chi connectivity index (χ4v) is 1.67. The van der Waals surface area contributed by atoms with Crippen molar-refractivity contribution in [2.24, 2.45) is 0 Å². The van der Waals surface area contributed by atoms with E-state index in [2.05, 4.69) is 6.66 Å². The summed E-state index contributed by atoms with van der Waals surface area (Å²) in [5, 5.41) is 8.26. The number of nitrogen functional groups attached to an aromatic ring is 1. The highest BCUT2D eigenvalue weighted by atomic mass is 31.1. The van der Waals surface area contributed by atoms with Gasteiger partial charge in [0.25, 0.3) is 0 Å². The molecule has 0 heterocycles. The molecule has 11 heavy (non-hydrogen) atoms. The number of hydrogen-bond donors (Lipinski definition) is 2. The zero-order valence-electron chi connectivity index (χ0n) is 6.39. The number of hydrogen-bond acceptors (Lipinski definition) is 2. The van der Waals surface area contributed by atoms with Gasteiger partial charge in [-0.3, -0.25) is 0 Å². The molecule has 0 amide bonds. The van der Waals surface area contributed by atoms with E-state index in [0.717, 1.165) is 11.3 Å². The molecule has 0 spiro atoms. The molecule has 3 N–H and O–H groups in total. The summed E-state index contributed by atoms with van der Waals surface area (Å²) in [5.74, 6) is 0. The Kier molecular flexibility index (Phi) is 2.61. The summed E-state index contributed by atoms with van der Waals surface area (Å²) >= 11 is 0. The van der Waals surface area contributed by atoms with Crippen molar-refractivity contribution in [3.8, 4) is 0 Å². The quantitative estimate of drug-likeness (QED) is 0.387. The Morgan fingerprint density at radius 1 is 1.55 bits per heavy atom. The van der Waals surface area contributed by atoms with Gasteiger partial charge in [0.15, 0.2) is 0 Å². The lowest BCUT2D eigenvalue weighted by molar-refractivity contribution is 1.55. The van der Waals surface area contributed by atoms with E-state index < -0.39 is 0 Å². The van der Waals surface area contributed by atoms with Crippen molar-refractivity contribution in [1.29, 1.82) is 5.41 Å². The third-order valence-electron chi connectivity index (χ3n) is 1.50. The molecule has 0 aliphatic carbocycles. The number of nitrogens with two attached hydrogens (primary N) is 1. The van der Waals surface area contributed by atoms with Crippen LogP contribution in [0.3, 0.4) is 0 Å². The van der Waals surface area contributed by atoms with Crippen molar-refractivity contribution in [3.63, 3.8) is 0 Å². The molecular weight excluding hydrogens is 155 g/mol. The maximum absolute atomic E-state index is 7.10. The van der Waals surface area contributed by atoms with Gasteiger partial charge in [0.2, 0.25) is 0 Å². The van der Waals surface area contributed by atoms with E-state index in [1.54, 1.807) is 0 Å². The van der Waals surface area contributed by atoms with Crippen LogP contribution >= 0.6 is 8.58 Å². The second-order valence-corrected chi connectivity index (χ2v) is 3.28. The third kappa shape index (κ3) is 1.78. The van der Waals surface area contributed by atoms with Crippen LogP contribution in [0.1, 0.15) is 5.56 Å². The molecular formula is C8H11N2P. The number of nitrogens with one attached hydrogen (secondary N) is 1. The second kappa shape index (κ2) is 3.49. The van der Waals surface area contributed by atoms with E-state index in [0.29, 0.717) is 8.58 Å². The topological polar surface area (TPSA) is 49.9 Å². The van der Waals surface area contributed by atoms with Gasteiger partial charge in [-0.25, -0.2) is 0 Å². The van der Waals surface area contributed by atoms with E-state index in [9.17, 15) is 0 Å². The molecule has 0 radical (unpaired) electrons. The van der Waals surface area contributed by atoms with Crippen LogP contribution in [0.4, 0.5) is 5.69 Å². The molecule has 0 aliphatic heterocycles. The Morgan fingerprint density at radius 3 is 2.82 bits per heavy atom. The normalized spacial score (nSPS) is 10.6. The van der Waals surface area contributed by atoms with Gasteiger partial charge in [0, 0.05) is 11.9 Å². The van der Waals surface area contributed by atoms with Crippen molar-refractivity contribution in [2.75, 3.05) is 12.4 Å². The van der Waals surface area contributed by atoms with Crippen LogP contribution in [0.2, 0.25) is 0 Å². The number of anilines is 1. The first-order valence-electron chi connectivity index (χ1n) is 3.35. The molecule has 3 heteroatoms. The van der Waals surface area contributed by atoms with Crippen LogP contribution < -0.4 is 11.0 Å². The maximum atomic E-state index is 7.10. The van der Waals surface area contributed by atoms with Crippen LogP contribution in [0.5, 0.6) is 0 Å². The fourth-order valence-electron chi connectivity index (χ4n) is 0.916. The maximum Gasteiger partial charge on any atom is 0.0320 e. The summed E-state index contributed by atoms with van der Waals surface area (Å²) < 4.78 is 0. The Morgan fingerprint density at radius 2 is 2.27 bits per heavy atom. The monoisotopic (exact) mass is 166 g/mol. The van der Waals surface area contributed by atoms with Gasteiger partial charge < -0.3 is 11.1 Å². The van der Waals surface area contributed by atoms with E-state index in [1.807, 2.05) is 18.2 Å². The van der Waals surface area contributed by atoms with Crippen LogP contribution in [0.25, 0.3) is 0 Å². The smallest absolute Gasteiger partial charge is 0.0320 e. The average Bonchev–Trinajstić information content (AvgIpc) is 2.04. The molecule has 1 aromatic rings. The van der Waals surface area contributed by atoms with Gasteiger partial charge in [0.05, 0.1) is 0 Å². The minimum atomic E-state index is 0.701. The van der Waals surface area contributed by atoms with Gasteiger partial charge in [-0.1, -0.05) is 14.6 Å². The van der Waals surface area contributed by atoms with Gasteiger partial charge in [-0.2, -0.15) is 0 Å². The summed E-state index contributed by atoms with van der Waals surface area (Å²) in [5.41, 5.74) is 7.34. The van der Waals surface area contributed by atoms with Crippen LogP contribution in [-0.4, -0.2) is 12.9 Å². The molecule has 1 aromatic carbocycles. The van der Waals surface area contributed by atoms with Gasteiger partial charge >= 0.3 is 0 Å². The molecule has 0 bridgehead atoms. The van der Waals surface area contributed by atoms with Crippen LogP contribution in [-0.2, 0) is 0 Å². The van der Waals surface area contributed by atoms with Gasteiger partial charge in [-0.15, -0.1) is 0 Å². The third-order valence-corrected chi connectivity index (χ3v) is 2.47. The molecule has 0 saturated carbocycles. The lowest BCUT2D eigenvalue weighted by atomic mass is 10.2. The molecule has 2 nitrogen and oxygen atoms in total. The van der Waals surface area contributed by atoms with Crippen LogP contribution in [0, 0.1) is 5.41 Å². The SMILES string of the molecule is CPc1cc(N)ccc1C=N. The van der Waals surface area contributed by atoms with Crippen molar-refractivity contribution >= 4 is 25.8 Å². The van der Waals surface area contributed by atoms with Crippen molar-refractivity contribution in [3.05, 3.63) is 23.8 Å². The molecule has 1 rings (SSSR count). The first-order valence-corrected chi connectivity index (χ1v) is 4.85. The number of benzene rings is 1. The molecule has 0 aromatic heterocycles. The molecule has 0 aliphatic rings. The molecule has 1 unspecified atom stereocenters. The standard InChI is InChI=1S/C8H11N2P/c1-11-8-4-7(10)3-2-6(8)5-9/h2-5,9,11H,10H2,1H3. The average molecular weight is 166 g/mol. The van der Waals surface area contributed by atoms with Gasteiger partial charge in [0.1, 0.15) is 0 Å². The predicted molar refractivity (Wildman–Crippen MR) is 52.6 cm³/mol. The Bertz CT molecular complexity index is 271. The Labute approximate surface area is 68.1 Å². The highest BCUT2D eigenvalue weighted by Crippen LogP contribution is 2.10. The summed E-state index contributed by atoms with van der Waals surface area (Å²) in [4.78, 5) is 0. The lowest BCUT2D eigenvalue weighted by Gasteiger charge is -2.02. The van der Waals surface area contributed by atoms with Crippen LogP contribution in [0.15, 0.2) is 18.2 Å².